The van der Waals surface area contributed by atoms with Crippen LogP contribution in [-0.2, 0) is 6.54 Å². The third-order valence-electron chi connectivity index (χ3n) is 2.87. The van der Waals surface area contributed by atoms with Gasteiger partial charge in [0.05, 0.1) is 12.1 Å². The molecule has 5 heteroatoms. The van der Waals surface area contributed by atoms with Gasteiger partial charge in [0.15, 0.2) is 0 Å². The number of nitrogens with one attached hydrogen (secondary N) is 1. The first-order chi connectivity index (χ1) is 9.22. The van der Waals surface area contributed by atoms with Crippen LogP contribution in [-0.4, -0.2) is 9.97 Å². The maximum Gasteiger partial charge on any atom is 0.112 e. The summed E-state index contributed by atoms with van der Waals surface area (Å²) in [6.07, 6.45) is 1.82. The highest BCUT2D eigenvalue weighted by Gasteiger charge is 2.05. The molecule has 19 heavy (non-hydrogen) atoms. The van der Waals surface area contributed by atoms with Gasteiger partial charge in [-0.15, -0.1) is 11.3 Å². The first-order valence-electron chi connectivity index (χ1n) is 6.01. The highest BCUT2D eigenvalue weighted by atomic mass is 32.1. The Morgan fingerprint density at radius 1 is 1.32 bits per heavy atom. The maximum absolute atomic E-state index is 5.86. The largest absolute Gasteiger partial charge is 0.399 e. The molecular formula is C14H14N4S. The Morgan fingerprint density at radius 2 is 2.21 bits per heavy atom. The van der Waals surface area contributed by atoms with Crippen LogP contribution in [0.15, 0.2) is 35.8 Å². The smallest absolute Gasteiger partial charge is 0.112 e. The fourth-order valence-electron chi connectivity index (χ4n) is 2.03. The molecule has 3 rings (SSSR count). The van der Waals surface area contributed by atoms with Gasteiger partial charge in [0.1, 0.15) is 5.01 Å². The van der Waals surface area contributed by atoms with Gasteiger partial charge in [0.25, 0.3) is 0 Å². The molecule has 3 aromatic rings. The van der Waals surface area contributed by atoms with Crippen LogP contribution in [0.3, 0.4) is 0 Å². The monoisotopic (exact) mass is 270 g/mol. The van der Waals surface area contributed by atoms with E-state index in [4.69, 9.17) is 5.73 Å². The summed E-state index contributed by atoms with van der Waals surface area (Å²) in [6, 6.07) is 7.81. The van der Waals surface area contributed by atoms with Crippen molar-refractivity contribution in [1.82, 2.24) is 9.97 Å². The molecule has 0 aliphatic rings. The molecule has 96 valence electrons. The van der Waals surface area contributed by atoms with E-state index in [1.54, 1.807) is 11.3 Å². The molecule has 0 bridgehead atoms. The summed E-state index contributed by atoms with van der Waals surface area (Å²) in [5.41, 5.74) is 9.59. The van der Waals surface area contributed by atoms with E-state index < -0.39 is 0 Å². The molecule has 2 heterocycles. The number of aromatic nitrogens is 2. The predicted octanol–water partition coefficient (Wildman–Crippen LogP) is 3.19. The molecule has 3 N–H and O–H groups in total. The van der Waals surface area contributed by atoms with Gasteiger partial charge in [0, 0.05) is 34.0 Å². The SMILES string of the molecule is Cc1cc(NCc2nccs2)c2cc(N)ccc2n1. The zero-order valence-electron chi connectivity index (χ0n) is 10.6. The Hall–Kier alpha value is -2.14. The lowest BCUT2D eigenvalue weighted by Gasteiger charge is -2.10. The van der Waals surface area contributed by atoms with Crippen molar-refractivity contribution < 1.29 is 0 Å². The van der Waals surface area contributed by atoms with Gasteiger partial charge in [0.2, 0.25) is 0 Å². The van der Waals surface area contributed by atoms with E-state index in [1.807, 2.05) is 42.8 Å². The summed E-state index contributed by atoms with van der Waals surface area (Å²) in [7, 11) is 0. The molecule has 2 aromatic heterocycles. The van der Waals surface area contributed by atoms with Crippen molar-refractivity contribution in [3.05, 3.63) is 46.5 Å². The van der Waals surface area contributed by atoms with Crippen molar-refractivity contribution >= 4 is 33.6 Å². The number of pyridine rings is 1. The van der Waals surface area contributed by atoms with Crippen molar-refractivity contribution in [1.29, 1.82) is 0 Å². The molecule has 0 saturated carbocycles. The topological polar surface area (TPSA) is 63.8 Å². The standard InChI is InChI=1S/C14H14N4S/c1-9-6-13(17-8-14-16-4-5-19-14)11-7-10(15)2-3-12(11)18-9/h2-7H,8,15H2,1H3,(H,17,18). The number of thiazole rings is 1. The molecule has 0 unspecified atom stereocenters. The highest BCUT2D eigenvalue weighted by molar-refractivity contribution is 7.09. The van der Waals surface area contributed by atoms with Gasteiger partial charge in [-0.05, 0) is 31.2 Å². The number of hydrogen-bond acceptors (Lipinski definition) is 5. The average Bonchev–Trinajstić information content (AvgIpc) is 2.89. The molecule has 0 radical (unpaired) electrons. The van der Waals surface area contributed by atoms with E-state index in [-0.39, 0.29) is 0 Å². The molecule has 0 amide bonds. The second kappa shape index (κ2) is 4.85. The van der Waals surface area contributed by atoms with Crippen LogP contribution in [0.5, 0.6) is 0 Å². The van der Waals surface area contributed by atoms with E-state index in [0.29, 0.717) is 6.54 Å². The number of aryl methyl sites for hydroxylation is 1. The van der Waals surface area contributed by atoms with Crippen LogP contribution in [0.4, 0.5) is 11.4 Å². The molecule has 1 aromatic carbocycles. The van der Waals surface area contributed by atoms with Gasteiger partial charge in [-0.3, -0.25) is 4.98 Å². The zero-order valence-corrected chi connectivity index (χ0v) is 11.4. The van der Waals surface area contributed by atoms with Gasteiger partial charge >= 0.3 is 0 Å². The Kier molecular flexibility index (Phi) is 3.05. The van der Waals surface area contributed by atoms with Crippen molar-refractivity contribution in [2.45, 2.75) is 13.5 Å². The van der Waals surface area contributed by atoms with E-state index in [2.05, 4.69) is 15.3 Å². The van der Waals surface area contributed by atoms with Crippen LogP contribution < -0.4 is 11.1 Å². The lowest BCUT2D eigenvalue weighted by Crippen LogP contribution is -2.01. The van der Waals surface area contributed by atoms with Crippen molar-refractivity contribution in [2.24, 2.45) is 0 Å². The predicted molar refractivity (Wildman–Crippen MR) is 80.3 cm³/mol. The van der Waals surface area contributed by atoms with Gasteiger partial charge in [-0.2, -0.15) is 0 Å². The molecule has 0 fully saturated rings. The van der Waals surface area contributed by atoms with E-state index in [1.165, 1.54) is 0 Å². The summed E-state index contributed by atoms with van der Waals surface area (Å²) < 4.78 is 0. The molecule has 0 atom stereocenters. The van der Waals surface area contributed by atoms with Crippen molar-refractivity contribution in [3.8, 4) is 0 Å². The summed E-state index contributed by atoms with van der Waals surface area (Å²) in [4.78, 5) is 8.78. The number of fused-ring (bicyclic) bond motifs is 1. The van der Waals surface area contributed by atoms with Crippen LogP contribution in [0, 0.1) is 6.92 Å². The Balaban J connectivity index is 1.99. The van der Waals surface area contributed by atoms with Crippen LogP contribution >= 0.6 is 11.3 Å². The van der Waals surface area contributed by atoms with Gasteiger partial charge in [-0.1, -0.05) is 0 Å². The van der Waals surface area contributed by atoms with E-state index >= 15 is 0 Å². The Morgan fingerprint density at radius 3 is 3.00 bits per heavy atom. The molecule has 0 spiro atoms. The van der Waals surface area contributed by atoms with Gasteiger partial charge in [-0.25, -0.2) is 4.98 Å². The second-order valence-electron chi connectivity index (χ2n) is 4.37. The molecule has 4 nitrogen and oxygen atoms in total. The summed E-state index contributed by atoms with van der Waals surface area (Å²) >= 11 is 1.64. The lowest BCUT2D eigenvalue weighted by atomic mass is 10.1. The number of anilines is 2. The molecule has 0 aliphatic heterocycles. The summed E-state index contributed by atoms with van der Waals surface area (Å²) in [5, 5.41) is 7.49. The third kappa shape index (κ3) is 2.51. The highest BCUT2D eigenvalue weighted by Crippen LogP contribution is 2.25. The van der Waals surface area contributed by atoms with Crippen LogP contribution in [0.1, 0.15) is 10.7 Å². The van der Waals surface area contributed by atoms with E-state index in [9.17, 15) is 0 Å². The fourth-order valence-corrected chi connectivity index (χ4v) is 2.59. The number of hydrogen-bond donors (Lipinski definition) is 2. The first-order valence-corrected chi connectivity index (χ1v) is 6.89. The van der Waals surface area contributed by atoms with Crippen molar-refractivity contribution in [2.75, 3.05) is 11.1 Å². The van der Waals surface area contributed by atoms with Crippen LogP contribution in [0.2, 0.25) is 0 Å². The minimum absolute atomic E-state index is 0.713. The number of nitrogens with zero attached hydrogens (tertiary/aromatic N) is 2. The minimum atomic E-state index is 0.713. The average molecular weight is 270 g/mol. The number of benzene rings is 1. The Labute approximate surface area is 115 Å². The number of rotatable bonds is 3. The quantitative estimate of drug-likeness (QED) is 0.717. The third-order valence-corrected chi connectivity index (χ3v) is 3.65. The molecule has 0 saturated heterocycles. The summed E-state index contributed by atoms with van der Waals surface area (Å²) in [6.45, 7) is 2.70. The normalized spacial score (nSPS) is 10.8. The Bertz CT molecular complexity index is 707. The minimum Gasteiger partial charge on any atom is -0.399 e. The van der Waals surface area contributed by atoms with Crippen LogP contribution in [0.25, 0.3) is 10.9 Å². The molecular weight excluding hydrogens is 256 g/mol. The van der Waals surface area contributed by atoms with E-state index in [0.717, 1.165) is 33.0 Å². The maximum atomic E-state index is 5.86. The number of nitrogen functional groups attached to an aromatic ring is 1. The fraction of sp³-hybridized carbons (Fsp3) is 0.143. The zero-order chi connectivity index (χ0) is 13.2. The first kappa shape index (κ1) is 11.9. The second-order valence-corrected chi connectivity index (χ2v) is 5.35. The van der Waals surface area contributed by atoms with Gasteiger partial charge < -0.3 is 11.1 Å². The van der Waals surface area contributed by atoms with Crippen molar-refractivity contribution in [3.63, 3.8) is 0 Å². The molecule has 0 aliphatic carbocycles. The lowest BCUT2D eigenvalue weighted by molar-refractivity contribution is 1.10. The summed E-state index contributed by atoms with van der Waals surface area (Å²) in [5.74, 6) is 0. The number of nitrogens with two attached hydrogens (primary N) is 1.